The van der Waals surface area contributed by atoms with Gasteiger partial charge in [-0.3, -0.25) is 24.2 Å². The Labute approximate surface area is 195 Å². The number of carbonyl (C=O) groups is 5. The van der Waals surface area contributed by atoms with Crippen LogP contribution in [-0.2, 0) is 24.0 Å². The molecule has 4 unspecified atom stereocenters. The van der Waals surface area contributed by atoms with E-state index in [-0.39, 0.29) is 36.9 Å². The highest BCUT2D eigenvalue weighted by atomic mass is 32.1. The van der Waals surface area contributed by atoms with E-state index >= 15 is 0 Å². The topological polar surface area (TPSA) is 258 Å². The van der Waals surface area contributed by atoms with Gasteiger partial charge < -0.3 is 44.0 Å². The lowest BCUT2D eigenvalue weighted by Crippen LogP contribution is -2.58. The highest BCUT2D eigenvalue weighted by molar-refractivity contribution is 7.80. The van der Waals surface area contributed by atoms with Crippen LogP contribution in [0.5, 0.6) is 0 Å². The Bertz CT molecular complexity index is 719. The number of carboxylic acids is 1. The van der Waals surface area contributed by atoms with Gasteiger partial charge in [-0.2, -0.15) is 25.3 Å². The van der Waals surface area contributed by atoms with Gasteiger partial charge in [0.1, 0.15) is 18.1 Å². The maximum Gasteiger partial charge on any atom is 0.327 e. The van der Waals surface area contributed by atoms with Crippen molar-refractivity contribution in [1.82, 2.24) is 16.0 Å². The zero-order valence-electron chi connectivity index (χ0n) is 17.2. The third kappa shape index (κ3) is 11.6. The molecule has 0 saturated heterocycles. The van der Waals surface area contributed by atoms with Crippen molar-refractivity contribution in [2.75, 3.05) is 18.1 Å². The van der Waals surface area contributed by atoms with Gasteiger partial charge in [0.2, 0.25) is 23.6 Å². The van der Waals surface area contributed by atoms with Crippen LogP contribution in [0, 0.1) is 0 Å². The van der Waals surface area contributed by atoms with Crippen molar-refractivity contribution in [3.8, 4) is 0 Å². The molecule has 182 valence electrons. The second kappa shape index (κ2) is 15.1. The van der Waals surface area contributed by atoms with E-state index in [9.17, 15) is 24.0 Å². The number of hydrogen-bond acceptors (Lipinski definition) is 9. The number of guanidine groups is 1. The van der Waals surface area contributed by atoms with Crippen molar-refractivity contribution in [2.45, 2.75) is 43.4 Å². The first-order valence-electron chi connectivity index (χ1n) is 9.37. The smallest absolute Gasteiger partial charge is 0.327 e. The molecule has 0 aromatic heterocycles. The Morgan fingerprint density at radius 3 is 1.84 bits per heavy atom. The van der Waals surface area contributed by atoms with E-state index in [4.69, 9.17) is 28.0 Å². The van der Waals surface area contributed by atoms with Crippen molar-refractivity contribution in [3.63, 3.8) is 0 Å². The molecule has 4 atom stereocenters. The van der Waals surface area contributed by atoms with E-state index in [0.29, 0.717) is 0 Å². The Morgan fingerprint density at radius 2 is 1.38 bits per heavy atom. The third-order valence-corrected chi connectivity index (χ3v) is 4.71. The molecule has 0 aliphatic carbocycles. The molecule has 4 amide bonds. The summed E-state index contributed by atoms with van der Waals surface area (Å²) in [6, 6.07) is -5.01. The summed E-state index contributed by atoms with van der Waals surface area (Å²) in [7, 11) is 0. The molecule has 14 nitrogen and oxygen atoms in total. The maximum atomic E-state index is 12.8. The Hall–Kier alpha value is -2.72. The summed E-state index contributed by atoms with van der Waals surface area (Å²) < 4.78 is 0. The molecule has 0 radical (unpaired) electrons. The van der Waals surface area contributed by atoms with Crippen LogP contribution in [0.25, 0.3) is 0 Å². The molecule has 0 fully saturated rings. The number of amides is 4. The predicted octanol–water partition coefficient (Wildman–Crippen LogP) is -4.36. The molecular weight excluding hydrogens is 464 g/mol. The molecule has 12 N–H and O–H groups in total. The van der Waals surface area contributed by atoms with Gasteiger partial charge >= 0.3 is 5.97 Å². The van der Waals surface area contributed by atoms with E-state index < -0.39 is 60.2 Å². The summed E-state index contributed by atoms with van der Waals surface area (Å²) in [6.07, 6.45) is -0.270. The van der Waals surface area contributed by atoms with Crippen LogP contribution in [0.4, 0.5) is 0 Å². The number of rotatable bonds is 15. The number of hydrogen-bond donors (Lipinski definition) is 10. The van der Waals surface area contributed by atoms with E-state index in [1.165, 1.54) is 0 Å². The van der Waals surface area contributed by atoms with Gasteiger partial charge in [0.15, 0.2) is 5.96 Å². The van der Waals surface area contributed by atoms with Gasteiger partial charge in [-0.05, 0) is 12.8 Å². The number of primary amides is 1. The summed E-state index contributed by atoms with van der Waals surface area (Å²) in [5.74, 6) is -5.10. The van der Waals surface area contributed by atoms with Gasteiger partial charge in [-0.25, -0.2) is 4.79 Å². The number of nitrogens with one attached hydrogen (secondary N) is 3. The second-order valence-electron chi connectivity index (χ2n) is 6.61. The monoisotopic (exact) mass is 494 g/mol. The zero-order valence-corrected chi connectivity index (χ0v) is 19.0. The average molecular weight is 495 g/mol. The van der Waals surface area contributed by atoms with Crippen LogP contribution >= 0.6 is 25.3 Å². The molecule has 0 bridgehead atoms. The Morgan fingerprint density at radius 1 is 0.844 bits per heavy atom. The van der Waals surface area contributed by atoms with Crippen LogP contribution in [0.1, 0.15) is 19.3 Å². The molecule has 32 heavy (non-hydrogen) atoms. The normalized spacial score (nSPS) is 14.2. The van der Waals surface area contributed by atoms with Gasteiger partial charge in [-0.15, -0.1) is 0 Å². The summed E-state index contributed by atoms with van der Waals surface area (Å²) in [5, 5.41) is 15.9. The van der Waals surface area contributed by atoms with E-state index in [1.54, 1.807) is 0 Å². The predicted molar refractivity (Wildman–Crippen MR) is 123 cm³/mol. The molecule has 0 aliphatic rings. The number of thiol groups is 2. The Balaban J connectivity index is 5.46. The van der Waals surface area contributed by atoms with Crippen molar-refractivity contribution >= 4 is 60.8 Å². The zero-order chi connectivity index (χ0) is 24.8. The SMILES string of the molecule is NC(=O)CC(NC(=O)C(CCCN=C(N)N)NC(=O)C(N)CS)C(=O)NC(CS)C(=O)O. The molecule has 0 rings (SSSR count). The van der Waals surface area contributed by atoms with Crippen molar-refractivity contribution in [1.29, 1.82) is 0 Å². The number of aliphatic imine (C=N–C) groups is 1. The fourth-order valence-corrected chi connectivity index (χ4v) is 2.69. The number of aliphatic carboxylic acids is 1. The lowest BCUT2D eigenvalue weighted by atomic mass is 10.1. The lowest BCUT2D eigenvalue weighted by molar-refractivity contribution is -0.141. The number of carbonyl (C=O) groups excluding carboxylic acids is 4. The van der Waals surface area contributed by atoms with Crippen LogP contribution in [0.3, 0.4) is 0 Å². The molecule has 0 aromatic carbocycles. The van der Waals surface area contributed by atoms with Crippen LogP contribution in [0.2, 0.25) is 0 Å². The van der Waals surface area contributed by atoms with Crippen LogP contribution < -0.4 is 38.9 Å². The minimum absolute atomic E-state index is 0.0151. The molecule has 0 aliphatic heterocycles. The minimum atomic E-state index is -1.49. The molecule has 0 saturated carbocycles. The highest BCUT2D eigenvalue weighted by Gasteiger charge is 2.30. The first kappa shape index (κ1) is 29.3. The van der Waals surface area contributed by atoms with Crippen molar-refractivity contribution in [3.05, 3.63) is 0 Å². The summed E-state index contributed by atoms with van der Waals surface area (Å²) in [4.78, 5) is 63.6. The molecular formula is C16H30N8O6S2. The largest absolute Gasteiger partial charge is 0.480 e. The Kier molecular flexibility index (Phi) is 13.9. The van der Waals surface area contributed by atoms with E-state index in [0.717, 1.165) is 0 Å². The van der Waals surface area contributed by atoms with Crippen molar-refractivity contribution < 1.29 is 29.1 Å². The van der Waals surface area contributed by atoms with Gasteiger partial charge in [0.25, 0.3) is 0 Å². The van der Waals surface area contributed by atoms with Gasteiger partial charge in [-0.1, -0.05) is 0 Å². The standard InChI is InChI=1S/C16H30N8O6S2/c17-7(5-31)12(26)22-8(2-1-3-21-16(19)20)13(27)23-9(4-11(18)25)14(28)24-10(6-32)15(29)30/h7-10,31-32H,1-6,17H2,(H2,18,25)(H,22,26)(H,23,27)(H,24,28)(H,29,30)(H4,19,20,21). The van der Waals surface area contributed by atoms with Gasteiger partial charge in [0.05, 0.1) is 12.5 Å². The number of nitrogens with zero attached hydrogens (tertiary/aromatic N) is 1. The fraction of sp³-hybridized carbons (Fsp3) is 0.625. The maximum absolute atomic E-state index is 12.8. The molecule has 0 spiro atoms. The van der Waals surface area contributed by atoms with E-state index in [1.807, 2.05) is 0 Å². The summed E-state index contributed by atoms with van der Waals surface area (Å²) >= 11 is 7.75. The van der Waals surface area contributed by atoms with Crippen LogP contribution in [0.15, 0.2) is 4.99 Å². The summed E-state index contributed by atoms with van der Waals surface area (Å²) in [5.41, 5.74) is 21.2. The first-order valence-corrected chi connectivity index (χ1v) is 10.6. The lowest BCUT2D eigenvalue weighted by Gasteiger charge is -2.24. The average Bonchev–Trinajstić information content (AvgIpc) is 2.71. The summed E-state index contributed by atoms with van der Waals surface area (Å²) in [6.45, 7) is 0.161. The number of nitrogens with two attached hydrogens (primary N) is 4. The second-order valence-corrected chi connectivity index (χ2v) is 7.34. The third-order valence-electron chi connectivity index (χ3n) is 3.95. The minimum Gasteiger partial charge on any atom is -0.480 e. The number of carboxylic acid groups (broad SMARTS) is 1. The van der Waals surface area contributed by atoms with E-state index in [2.05, 4.69) is 46.2 Å². The highest BCUT2D eigenvalue weighted by Crippen LogP contribution is 2.03. The first-order chi connectivity index (χ1) is 14.9. The molecule has 16 heteroatoms. The molecule has 0 heterocycles. The quantitative estimate of drug-likeness (QED) is 0.0455. The van der Waals surface area contributed by atoms with Gasteiger partial charge in [0, 0.05) is 18.1 Å². The molecule has 0 aromatic rings. The van der Waals surface area contributed by atoms with Crippen molar-refractivity contribution in [2.24, 2.45) is 27.9 Å². The fourth-order valence-electron chi connectivity index (χ4n) is 2.27. The van der Waals surface area contributed by atoms with Crippen LogP contribution in [-0.4, -0.2) is 82.9 Å².